The second-order valence-corrected chi connectivity index (χ2v) is 10.3. The summed E-state index contributed by atoms with van der Waals surface area (Å²) >= 11 is 0. The van der Waals surface area contributed by atoms with Crippen LogP contribution in [-0.4, -0.2) is 0 Å². The van der Waals surface area contributed by atoms with Crippen LogP contribution in [0.15, 0.2) is 0 Å². The van der Waals surface area contributed by atoms with Crippen molar-refractivity contribution >= 4 is 0 Å². The molecule has 3 fully saturated rings. The molecule has 0 bridgehead atoms. The van der Waals surface area contributed by atoms with Gasteiger partial charge >= 0.3 is 0 Å². The fraction of sp³-hybridized carbons (Fsp3) is 0.926. The van der Waals surface area contributed by atoms with Crippen LogP contribution in [0.5, 0.6) is 0 Å². The summed E-state index contributed by atoms with van der Waals surface area (Å²) in [5.74, 6) is 13.1. The zero-order valence-corrected chi connectivity index (χ0v) is 18.5. The van der Waals surface area contributed by atoms with Crippen molar-refractivity contribution < 1.29 is 0 Å². The van der Waals surface area contributed by atoms with E-state index in [0.717, 1.165) is 35.5 Å². The van der Waals surface area contributed by atoms with Gasteiger partial charge in [0.1, 0.15) is 0 Å². The smallest absolute Gasteiger partial charge is 0.0203 e. The summed E-state index contributed by atoms with van der Waals surface area (Å²) in [4.78, 5) is 0. The largest absolute Gasteiger partial charge is 0.0996 e. The van der Waals surface area contributed by atoms with E-state index in [1.807, 2.05) is 0 Å². The first-order chi connectivity index (χ1) is 13.3. The van der Waals surface area contributed by atoms with Crippen molar-refractivity contribution in [3.8, 4) is 11.8 Å². The van der Waals surface area contributed by atoms with E-state index in [4.69, 9.17) is 0 Å². The van der Waals surface area contributed by atoms with Gasteiger partial charge in [0.05, 0.1) is 0 Å². The molecule has 0 aromatic carbocycles. The molecule has 0 heterocycles. The van der Waals surface area contributed by atoms with E-state index in [1.54, 1.807) is 12.8 Å². The van der Waals surface area contributed by atoms with Crippen LogP contribution in [0, 0.1) is 47.3 Å². The summed E-state index contributed by atoms with van der Waals surface area (Å²) in [6, 6.07) is 0. The highest BCUT2D eigenvalue weighted by Gasteiger charge is 2.30. The third-order valence-corrected chi connectivity index (χ3v) is 8.46. The molecule has 154 valence electrons. The second-order valence-electron chi connectivity index (χ2n) is 10.3. The van der Waals surface area contributed by atoms with E-state index >= 15 is 0 Å². The first-order valence-corrected chi connectivity index (χ1v) is 12.8. The first kappa shape index (κ1) is 21.3. The van der Waals surface area contributed by atoms with Gasteiger partial charge in [0.25, 0.3) is 0 Å². The third-order valence-electron chi connectivity index (χ3n) is 8.46. The molecule has 0 heteroatoms. The standard InChI is InChI=1S/C27H46/c1-3-5-6-7-23-14-18-26(19-15-23)27-20-16-25(17-21-27)13-12-24-10-8-22(4-2)9-11-24/h22-27H,3-11,14-21H2,1-2H3. The van der Waals surface area contributed by atoms with Crippen molar-refractivity contribution in [2.45, 2.75) is 123 Å². The highest BCUT2D eigenvalue weighted by Crippen LogP contribution is 2.42. The van der Waals surface area contributed by atoms with Crippen LogP contribution in [0.3, 0.4) is 0 Å². The van der Waals surface area contributed by atoms with E-state index in [9.17, 15) is 0 Å². The molecule has 0 aliphatic heterocycles. The lowest BCUT2D eigenvalue weighted by molar-refractivity contribution is 0.153. The highest BCUT2D eigenvalue weighted by atomic mass is 14.4. The molecule has 3 aliphatic rings. The van der Waals surface area contributed by atoms with Crippen LogP contribution in [0.2, 0.25) is 0 Å². The molecule has 3 rings (SSSR count). The Morgan fingerprint density at radius 1 is 0.556 bits per heavy atom. The van der Waals surface area contributed by atoms with Gasteiger partial charge in [-0.05, 0) is 87.9 Å². The van der Waals surface area contributed by atoms with Gasteiger partial charge in [0, 0.05) is 11.8 Å². The molecule has 0 atom stereocenters. The van der Waals surface area contributed by atoms with Crippen LogP contribution in [0.25, 0.3) is 0 Å². The molecule has 27 heavy (non-hydrogen) atoms. The molecular formula is C27H46. The number of rotatable bonds is 6. The Bertz CT molecular complexity index is 442. The van der Waals surface area contributed by atoms with Crippen LogP contribution >= 0.6 is 0 Å². The van der Waals surface area contributed by atoms with Gasteiger partial charge in [-0.25, -0.2) is 0 Å². The van der Waals surface area contributed by atoms with Crippen molar-refractivity contribution in [1.29, 1.82) is 0 Å². The second kappa shape index (κ2) is 11.5. The Morgan fingerprint density at radius 2 is 1.04 bits per heavy atom. The molecule has 0 aromatic heterocycles. The van der Waals surface area contributed by atoms with Gasteiger partial charge < -0.3 is 0 Å². The summed E-state index contributed by atoms with van der Waals surface area (Å²) in [6.07, 6.45) is 24.7. The van der Waals surface area contributed by atoms with Gasteiger partial charge in [-0.15, -0.1) is 0 Å². The lowest BCUT2D eigenvalue weighted by atomic mass is 9.68. The van der Waals surface area contributed by atoms with Crippen molar-refractivity contribution in [2.75, 3.05) is 0 Å². The van der Waals surface area contributed by atoms with Crippen LogP contribution in [0.4, 0.5) is 0 Å². The van der Waals surface area contributed by atoms with Crippen molar-refractivity contribution in [1.82, 2.24) is 0 Å². The maximum atomic E-state index is 3.73. The van der Waals surface area contributed by atoms with Gasteiger partial charge in [0.15, 0.2) is 0 Å². The Morgan fingerprint density at radius 3 is 1.56 bits per heavy atom. The molecule has 0 nitrogen and oxygen atoms in total. The molecule has 0 N–H and O–H groups in total. The van der Waals surface area contributed by atoms with Gasteiger partial charge in [-0.2, -0.15) is 0 Å². The van der Waals surface area contributed by atoms with E-state index in [-0.39, 0.29) is 0 Å². The topological polar surface area (TPSA) is 0 Å². The minimum Gasteiger partial charge on any atom is -0.0996 e. The molecule has 0 aromatic rings. The van der Waals surface area contributed by atoms with E-state index in [1.165, 1.54) is 96.3 Å². The molecule has 3 aliphatic carbocycles. The Hall–Kier alpha value is -0.440. The average molecular weight is 371 g/mol. The normalized spacial score (nSPS) is 37.4. The number of unbranched alkanes of at least 4 members (excludes halogenated alkanes) is 2. The Balaban J connectivity index is 1.32. The van der Waals surface area contributed by atoms with Gasteiger partial charge in [0.2, 0.25) is 0 Å². The fourth-order valence-electron chi connectivity index (χ4n) is 6.32. The summed E-state index contributed by atoms with van der Waals surface area (Å²) in [6.45, 7) is 4.68. The monoisotopic (exact) mass is 370 g/mol. The predicted molar refractivity (Wildman–Crippen MR) is 119 cm³/mol. The SMILES string of the molecule is CCCCCC1CCC(C2CCC(C#CC3CCC(CC)CC3)CC2)CC1. The first-order valence-electron chi connectivity index (χ1n) is 12.8. The Labute approximate surface area is 170 Å². The van der Waals surface area contributed by atoms with Crippen LogP contribution < -0.4 is 0 Å². The highest BCUT2D eigenvalue weighted by molar-refractivity contribution is 5.09. The minimum atomic E-state index is 0.730. The molecule has 0 amide bonds. The molecular weight excluding hydrogens is 324 g/mol. The van der Waals surface area contributed by atoms with Crippen molar-refractivity contribution in [2.24, 2.45) is 35.5 Å². The van der Waals surface area contributed by atoms with Gasteiger partial charge in [-0.1, -0.05) is 70.6 Å². The van der Waals surface area contributed by atoms with Crippen molar-refractivity contribution in [3.05, 3.63) is 0 Å². The maximum absolute atomic E-state index is 3.73. The summed E-state index contributed by atoms with van der Waals surface area (Å²) in [7, 11) is 0. The number of hydrogen-bond donors (Lipinski definition) is 0. The third kappa shape index (κ3) is 6.84. The van der Waals surface area contributed by atoms with Crippen LogP contribution in [0.1, 0.15) is 123 Å². The molecule has 0 spiro atoms. The molecule has 0 unspecified atom stereocenters. The lowest BCUT2D eigenvalue weighted by Gasteiger charge is -2.37. The fourth-order valence-corrected chi connectivity index (χ4v) is 6.32. The zero-order valence-electron chi connectivity index (χ0n) is 18.5. The van der Waals surface area contributed by atoms with E-state index < -0.39 is 0 Å². The van der Waals surface area contributed by atoms with E-state index in [0.29, 0.717) is 0 Å². The summed E-state index contributed by atoms with van der Waals surface area (Å²) in [5, 5.41) is 0. The number of hydrogen-bond acceptors (Lipinski definition) is 0. The lowest BCUT2D eigenvalue weighted by Crippen LogP contribution is -2.25. The molecule has 3 saturated carbocycles. The van der Waals surface area contributed by atoms with Crippen LogP contribution in [-0.2, 0) is 0 Å². The minimum absolute atomic E-state index is 0.730. The van der Waals surface area contributed by atoms with Crippen molar-refractivity contribution in [3.63, 3.8) is 0 Å². The zero-order chi connectivity index (χ0) is 18.9. The van der Waals surface area contributed by atoms with Gasteiger partial charge in [-0.3, -0.25) is 0 Å². The summed E-state index contributed by atoms with van der Waals surface area (Å²) in [5.41, 5.74) is 0. The predicted octanol–water partition coefficient (Wildman–Crippen LogP) is 8.40. The quantitative estimate of drug-likeness (QED) is 0.325. The maximum Gasteiger partial charge on any atom is 0.0203 e. The molecule has 0 saturated heterocycles. The Kier molecular flexibility index (Phi) is 9.09. The average Bonchev–Trinajstić information content (AvgIpc) is 2.74. The van der Waals surface area contributed by atoms with E-state index in [2.05, 4.69) is 25.7 Å². The summed E-state index contributed by atoms with van der Waals surface area (Å²) < 4.78 is 0. The molecule has 0 radical (unpaired) electrons.